The summed E-state index contributed by atoms with van der Waals surface area (Å²) in [5.41, 5.74) is 1.85. The molecule has 11 nitrogen and oxygen atoms in total. The molecule has 3 amide bonds. The number of carbonyl (C=O) groups excluding carboxylic acids is 3. The van der Waals surface area contributed by atoms with E-state index in [0.717, 1.165) is 23.3 Å². The van der Waals surface area contributed by atoms with E-state index in [2.05, 4.69) is 5.32 Å². The maximum atomic E-state index is 13.7. The minimum atomic E-state index is -0.823. The lowest BCUT2D eigenvalue weighted by atomic mass is 10.00. The zero-order chi connectivity index (χ0) is 33.3. The molecule has 47 heavy (non-hydrogen) atoms. The number of nitrogens with one attached hydrogen (secondary N) is 1. The molecule has 0 aliphatic carbocycles. The van der Waals surface area contributed by atoms with Gasteiger partial charge in [-0.15, -0.1) is 0 Å². The van der Waals surface area contributed by atoms with Gasteiger partial charge in [0.2, 0.25) is 11.8 Å². The molecule has 0 saturated carbocycles. The van der Waals surface area contributed by atoms with Crippen molar-refractivity contribution in [3.63, 3.8) is 0 Å². The molecule has 3 aromatic carbocycles. The molecule has 0 radical (unpaired) electrons. The minimum absolute atomic E-state index is 0.113. The summed E-state index contributed by atoms with van der Waals surface area (Å²) in [5.74, 6) is -0.774. The summed E-state index contributed by atoms with van der Waals surface area (Å²) in [4.78, 5) is 43.3. The first-order valence-corrected chi connectivity index (χ1v) is 15.6. The van der Waals surface area contributed by atoms with E-state index in [0.29, 0.717) is 56.2 Å². The van der Waals surface area contributed by atoms with Crippen molar-refractivity contribution in [2.75, 3.05) is 47.0 Å². The lowest BCUT2D eigenvalue weighted by Crippen LogP contribution is -2.58. The highest BCUT2D eigenvalue weighted by Crippen LogP contribution is 2.33. The van der Waals surface area contributed by atoms with Crippen LogP contribution in [0.15, 0.2) is 60.7 Å². The van der Waals surface area contributed by atoms with Crippen molar-refractivity contribution in [1.82, 2.24) is 15.1 Å². The molecule has 3 aromatic rings. The molecule has 3 aliphatic rings. The van der Waals surface area contributed by atoms with Gasteiger partial charge in [-0.2, -0.15) is 0 Å². The van der Waals surface area contributed by atoms with E-state index in [1.54, 1.807) is 19.1 Å². The second-order valence-electron chi connectivity index (χ2n) is 11.6. The third-order valence-corrected chi connectivity index (χ3v) is 8.29. The van der Waals surface area contributed by atoms with Gasteiger partial charge in [0.05, 0.1) is 32.4 Å². The summed E-state index contributed by atoms with van der Waals surface area (Å²) >= 11 is 0. The number of carbonyl (C=O) groups is 3. The van der Waals surface area contributed by atoms with Crippen molar-refractivity contribution < 1.29 is 42.8 Å². The first-order valence-electron chi connectivity index (χ1n) is 15.6. The fourth-order valence-corrected chi connectivity index (χ4v) is 5.79. The van der Waals surface area contributed by atoms with Gasteiger partial charge in [0, 0.05) is 45.3 Å². The first-order chi connectivity index (χ1) is 22.7. The number of amides is 3. The standard InChI is InChI=1S/C35H40FN3O8/c1-44-16-4-14-38-21-33(41)37-28-20-39(35(43)25-9-10-27(36)29(40)19-25)15-13-30(28)46-22-24-5-3-6-26(17-24)47-31-11-7-23(8-12-34(38)42)18-32(31)45-2/h3,5-7,9-11,17-19,28,30,40H,4,8,12-16,20-22H2,1-2H3,(H,37,41)/t28-,30+/m1/s1. The zero-order valence-corrected chi connectivity index (χ0v) is 26.6. The molecular formula is C35H40FN3O8. The number of nitrogens with zero attached hydrogens (tertiary/aromatic N) is 2. The Morgan fingerprint density at radius 2 is 1.91 bits per heavy atom. The summed E-state index contributed by atoms with van der Waals surface area (Å²) in [6.45, 7) is 1.22. The second-order valence-corrected chi connectivity index (χ2v) is 11.6. The molecule has 2 N–H and O–H groups in total. The Balaban J connectivity index is 1.41. The third kappa shape index (κ3) is 8.78. The van der Waals surface area contributed by atoms with Gasteiger partial charge in [0.25, 0.3) is 5.91 Å². The van der Waals surface area contributed by atoms with Crippen molar-refractivity contribution >= 4 is 17.7 Å². The molecule has 1 saturated heterocycles. The Kier molecular flexibility index (Phi) is 11.3. The number of rotatable bonds is 6. The van der Waals surface area contributed by atoms with E-state index in [9.17, 15) is 23.9 Å². The van der Waals surface area contributed by atoms with Crippen molar-refractivity contribution in [3.8, 4) is 23.0 Å². The summed E-state index contributed by atoms with van der Waals surface area (Å²) < 4.78 is 36.9. The predicted molar refractivity (Wildman–Crippen MR) is 170 cm³/mol. The number of piperidine rings is 1. The monoisotopic (exact) mass is 649 g/mol. The van der Waals surface area contributed by atoms with Gasteiger partial charge in [-0.1, -0.05) is 18.2 Å². The van der Waals surface area contributed by atoms with E-state index in [1.807, 2.05) is 42.5 Å². The van der Waals surface area contributed by atoms with Gasteiger partial charge in [-0.25, -0.2) is 4.39 Å². The molecule has 0 spiro atoms. The maximum absolute atomic E-state index is 13.7. The van der Waals surface area contributed by atoms with E-state index in [-0.39, 0.29) is 43.5 Å². The smallest absolute Gasteiger partial charge is 0.254 e. The van der Waals surface area contributed by atoms with Crippen molar-refractivity contribution in [1.29, 1.82) is 0 Å². The minimum Gasteiger partial charge on any atom is -0.505 e. The number of likely N-dealkylation sites (tertiary alicyclic amines) is 1. The van der Waals surface area contributed by atoms with Crippen LogP contribution in [0.2, 0.25) is 0 Å². The Bertz CT molecular complexity index is 1580. The van der Waals surface area contributed by atoms with Crippen LogP contribution in [-0.4, -0.2) is 91.8 Å². The average molecular weight is 650 g/mol. The molecule has 0 unspecified atom stereocenters. The van der Waals surface area contributed by atoms with Gasteiger partial charge >= 0.3 is 0 Å². The number of hydrogen-bond acceptors (Lipinski definition) is 8. The predicted octanol–water partition coefficient (Wildman–Crippen LogP) is 4.06. The zero-order valence-electron chi connectivity index (χ0n) is 26.6. The van der Waals surface area contributed by atoms with Crippen molar-refractivity contribution in [3.05, 3.63) is 83.2 Å². The molecule has 0 aromatic heterocycles. The lowest BCUT2D eigenvalue weighted by molar-refractivity contribution is -0.137. The summed E-state index contributed by atoms with van der Waals surface area (Å²) in [5, 5.41) is 12.8. The van der Waals surface area contributed by atoms with Gasteiger partial charge in [-0.05, 0) is 72.9 Å². The fourth-order valence-electron chi connectivity index (χ4n) is 5.79. The largest absolute Gasteiger partial charge is 0.505 e. The topological polar surface area (TPSA) is 127 Å². The van der Waals surface area contributed by atoms with Crippen LogP contribution in [0, 0.1) is 5.82 Å². The van der Waals surface area contributed by atoms with Crippen molar-refractivity contribution in [2.45, 2.75) is 44.4 Å². The van der Waals surface area contributed by atoms with Crippen LogP contribution < -0.4 is 14.8 Å². The average Bonchev–Trinajstić information content (AvgIpc) is 3.07. The molecule has 6 rings (SSSR count). The fraction of sp³-hybridized carbons (Fsp3) is 0.400. The molecule has 4 bridgehead atoms. The number of hydrogen-bond donors (Lipinski definition) is 2. The van der Waals surface area contributed by atoms with Crippen LogP contribution in [0.3, 0.4) is 0 Å². The Morgan fingerprint density at radius 3 is 2.70 bits per heavy atom. The number of halogens is 1. The molecule has 12 heteroatoms. The van der Waals surface area contributed by atoms with Crippen LogP contribution in [-0.2, 0) is 32.1 Å². The van der Waals surface area contributed by atoms with Crippen LogP contribution in [0.4, 0.5) is 4.39 Å². The van der Waals surface area contributed by atoms with Gasteiger partial charge in [0.15, 0.2) is 23.1 Å². The number of phenols is 1. The molecule has 1 fully saturated rings. The normalized spacial score (nSPS) is 19.1. The summed E-state index contributed by atoms with van der Waals surface area (Å²) in [6, 6.07) is 15.8. The Hall–Kier alpha value is -4.68. The number of methoxy groups -OCH3 is 2. The van der Waals surface area contributed by atoms with Crippen LogP contribution >= 0.6 is 0 Å². The Morgan fingerprint density at radius 1 is 1.06 bits per heavy atom. The number of phenolic OH excluding ortho intramolecular Hbond substituents is 1. The van der Waals surface area contributed by atoms with Crippen LogP contribution in [0.1, 0.15) is 40.7 Å². The first kappa shape index (κ1) is 33.7. The number of benzene rings is 3. The highest BCUT2D eigenvalue weighted by atomic mass is 19.1. The maximum Gasteiger partial charge on any atom is 0.254 e. The Labute approximate surface area is 273 Å². The molecular weight excluding hydrogens is 609 g/mol. The van der Waals surface area contributed by atoms with Crippen LogP contribution in [0.5, 0.6) is 23.0 Å². The van der Waals surface area contributed by atoms with Gasteiger partial charge in [0.1, 0.15) is 5.75 Å². The molecule has 250 valence electrons. The molecule has 3 heterocycles. The number of aryl methyl sites for hydroxylation is 1. The SMILES string of the molecule is COCCCN1CC(=O)N[C@@H]2CN(C(=O)c3ccc(F)c(O)c3)CC[C@@H]2OCc2cccc(c2)Oc2ccc(cc2OC)CCC1=O. The van der Waals surface area contributed by atoms with E-state index in [1.165, 1.54) is 11.0 Å². The highest BCUT2D eigenvalue weighted by molar-refractivity contribution is 5.94. The number of ether oxygens (including phenoxy) is 4. The highest BCUT2D eigenvalue weighted by Gasteiger charge is 2.34. The van der Waals surface area contributed by atoms with E-state index >= 15 is 0 Å². The third-order valence-electron chi connectivity index (χ3n) is 8.29. The molecule has 2 atom stereocenters. The van der Waals surface area contributed by atoms with Gasteiger partial charge < -0.3 is 39.2 Å². The lowest BCUT2D eigenvalue weighted by Gasteiger charge is -2.39. The van der Waals surface area contributed by atoms with E-state index in [4.69, 9.17) is 18.9 Å². The summed E-state index contributed by atoms with van der Waals surface area (Å²) in [6.07, 6.45) is 1.10. The summed E-state index contributed by atoms with van der Waals surface area (Å²) in [7, 11) is 3.14. The number of fused-ring (bicyclic) bond motifs is 9. The second kappa shape index (κ2) is 15.7. The van der Waals surface area contributed by atoms with Gasteiger partial charge in [-0.3, -0.25) is 14.4 Å². The number of aromatic hydroxyl groups is 1. The van der Waals surface area contributed by atoms with Crippen LogP contribution in [0.25, 0.3) is 0 Å². The molecule has 3 aliphatic heterocycles. The van der Waals surface area contributed by atoms with E-state index < -0.39 is 29.6 Å². The van der Waals surface area contributed by atoms with Crippen molar-refractivity contribution in [2.24, 2.45) is 0 Å². The quantitative estimate of drug-likeness (QED) is 0.383.